The Bertz CT molecular complexity index is 737. The molecule has 0 unspecified atom stereocenters. The first-order chi connectivity index (χ1) is 10.3. The highest BCUT2D eigenvalue weighted by molar-refractivity contribution is 5.59. The first-order valence-electron chi connectivity index (χ1n) is 6.63. The number of nitrogens with two attached hydrogens (primary N) is 1. The fourth-order valence-electron chi connectivity index (χ4n) is 2.23. The second-order valence-electron chi connectivity index (χ2n) is 4.67. The van der Waals surface area contributed by atoms with Crippen molar-refractivity contribution in [1.82, 2.24) is 14.5 Å². The summed E-state index contributed by atoms with van der Waals surface area (Å²) in [6, 6.07) is 11.7. The minimum Gasteiger partial charge on any atom is -0.496 e. The van der Waals surface area contributed by atoms with Crippen molar-refractivity contribution in [1.29, 1.82) is 0 Å². The van der Waals surface area contributed by atoms with Gasteiger partial charge in [0.15, 0.2) is 0 Å². The van der Waals surface area contributed by atoms with Gasteiger partial charge in [0.1, 0.15) is 5.75 Å². The normalized spacial score (nSPS) is 10.5. The van der Waals surface area contributed by atoms with Gasteiger partial charge >= 0.3 is 0 Å². The molecule has 3 aromatic rings. The monoisotopic (exact) mass is 280 g/mol. The summed E-state index contributed by atoms with van der Waals surface area (Å²) in [5.41, 5.74) is 8.83. The minimum absolute atomic E-state index is 0.472. The van der Waals surface area contributed by atoms with E-state index in [1.54, 1.807) is 19.5 Å². The molecule has 1 aromatic carbocycles. The maximum atomic E-state index is 6.01. The highest BCUT2D eigenvalue weighted by Crippen LogP contribution is 2.23. The van der Waals surface area contributed by atoms with Crippen molar-refractivity contribution in [2.45, 2.75) is 6.54 Å². The van der Waals surface area contributed by atoms with Crippen molar-refractivity contribution in [3.05, 3.63) is 60.6 Å². The quantitative estimate of drug-likeness (QED) is 0.797. The maximum absolute atomic E-state index is 6.01. The van der Waals surface area contributed by atoms with Crippen molar-refractivity contribution < 1.29 is 4.74 Å². The summed E-state index contributed by atoms with van der Waals surface area (Å²) in [6.07, 6.45) is 5.44. The van der Waals surface area contributed by atoms with Gasteiger partial charge in [0.05, 0.1) is 19.3 Å². The van der Waals surface area contributed by atoms with Crippen LogP contribution in [-0.4, -0.2) is 21.6 Å². The Morgan fingerprint density at radius 3 is 2.81 bits per heavy atom. The van der Waals surface area contributed by atoms with E-state index in [4.69, 9.17) is 10.5 Å². The number of pyridine rings is 1. The molecule has 2 N–H and O–H groups in total. The van der Waals surface area contributed by atoms with Crippen LogP contribution in [0.25, 0.3) is 11.3 Å². The average Bonchev–Trinajstić information content (AvgIpc) is 2.90. The van der Waals surface area contributed by atoms with E-state index in [0.29, 0.717) is 12.5 Å². The number of nitrogen functional groups attached to an aromatic ring is 1. The number of rotatable bonds is 4. The molecule has 0 bridgehead atoms. The molecule has 0 spiro atoms. The maximum Gasteiger partial charge on any atom is 0.201 e. The lowest BCUT2D eigenvalue weighted by Gasteiger charge is -2.09. The second kappa shape index (κ2) is 5.66. The summed E-state index contributed by atoms with van der Waals surface area (Å²) in [6.45, 7) is 0.614. The molecule has 2 aromatic heterocycles. The molecule has 21 heavy (non-hydrogen) atoms. The number of hydrogen-bond donors (Lipinski definition) is 1. The van der Waals surface area contributed by atoms with Gasteiger partial charge in [-0.2, -0.15) is 0 Å². The van der Waals surface area contributed by atoms with E-state index in [2.05, 4.69) is 9.97 Å². The Morgan fingerprint density at radius 1 is 1.19 bits per heavy atom. The fraction of sp³-hybridized carbons (Fsp3) is 0.125. The van der Waals surface area contributed by atoms with Crippen LogP contribution in [0.3, 0.4) is 0 Å². The van der Waals surface area contributed by atoms with Crippen LogP contribution >= 0.6 is 0 Å². The second-order valence-corrected chi connectivity index (χ2v) is 4.67. The number of hydrogen-bond acceptors (Lipinski definition) is 4. The van der Waals surface area contributed by atoms with Gasteiger partial charge in [0.2, 0.25) is 5.95 Å². The Labute approximate surface area is 123 Å². The van der Waals surface area contributed by atoms with Crippen LogP contribution in [0.5, 0.6) is 5.75 Å². The zero-order chi connectivity index (χ0) is 14.7. The molecule has 0 aliphatic heterocycles. The highest BCUT2D eigenvalue weighted by atomic mass is 16.5. The largest absolute Gasteiger partial charge is 0.496 e. The lowest BCUT2D eigenvalue weighted by molar-refractivity contribution is 0.408. The molecule has 0 aliphatic rings. The number of anilines is 1. The van der Waals surface area contributed by atoms with Gasteiger partial charge in [-0.3, -0.25) is 4.98 Å². The molecule has 106 valence electrons. The molecular formula is C16H16N4O. The summed E-state index contributed by atoms with van der Waals surface area (Å²) in [5, 5.41) is 0. The van der Waals surface area contributed by atoms with E-state index in [9.17, 15) is 0 Å². The predicted octanol–water partition coefficient (Wildman–Crippen LogP) is 2.58. The first kappa shape index (κ1) is 13.2. The van der Waals surface area contributed by atoms with E-state index in [1.807, 2.05) is 47.2 Å². The average molecular weight is 280 g/mol. The first-order valence-corrected chi connectivity index (χ1v) is 6.63. The van der Waals surface area contributed by atoms with Crippen LogP contribution in [-0.2, 0) is 6.54 Å². The number of methoxy groups -OCH3 is 1. The highest BCUT2D eigenvalue weighted by Gasteiger charge is 2.09. The van der Waals surface area contributed by atoms with Crippen LogP contribution in [0.4, 0.5) is 5.95 Å². The molecule has 5 heteroatoms. The summed E-state index contributed by atoms with van der Waals surface area (Å²) in [4.78, 5) is 8.49. The summed E-state index contributed by atoms with van der Waals surface area (Å²) in [5.74, 6) is 1.31. The van der Waals surface area contributed by atoms with Gasteiger partial charge in [0, 0.05) is 29.7 Å². The molecule has 0 atom stereocenters. The molecule has 0 amide bonds. The van der Waals surface area contributed by atoms with Gasteiger partial charge < -0.3 is 15.0 Å². The molecule has 3 rings (SSSR count). The van der Waals surface area contributed by atoms with E-state index in [1.165, 1.54) is 0 Å². The Morgan fingerprint density at radius 2 is 2.05 bits per heavy atom. The van der Waals surface area contributed by atoms with Gasteiger partial charge in [-0.15, -0.1) is 0 Å². The molecule has 0 saturated heterocycles. The molecule has 5 nitrogen and oxygen atoms in total. The van der Waals surface area contributed by atoms with Crippen LogP contribution in [0.15, 0.2) is 55.0 Å². The van der Waals surface area contributed by atoms with Crippen molar-refractivity contribution in [2.75, 3.05) is 12.8 Å². The molecular weight excluding hydrogens is 264 g/mol. The lowest BCUT2D eigenvalue weighted by Crippen LogP contribution is -2.04. The number of ether oxygens (including phenoxy) is 1. The van der Waals surface area contributed by atoms with E-state index < -0.39 is 0 Å². The Balaban J connectivity index is 1.92. The molecule has 0 fully saturated rings. The molecule has 0 radical (unpaired) electrons. The summed E-state index contributed by atoms with van der Waals surface area (Å²) in [7, 11) is 1.66. The summed E-state index contributed by atoms with van der Waals surface area (Å²) < 4.78 is 7.27. The van der Waals surface area contributed by atoms with Gasteiger partial charge in [-0.1, -0.05) is 18.2 Å². The van der Waals surface area contributed by atoms with Crippen LogP contribution in [0.1, 0.15) is 5.56 Å². The number of imidazole rings is 1. The SMILES string of the molecule is COc1ccccc1Cn1cc(-c2cccnc2)nc1N. The van der Waals surface area contributed by atoms with Crippen molar-refractivity contribution >= 4 is 5.95 Å². The van der Waals surface area contributed by atoms with Crippen molar-refractivity contribution in [3.63, 3.8) is 0 Å². The number of benzene rings is 1. The van der Waals surface area contributed by atoms with Crippen LogP contribution < -0.4 is 10.5 Å². The van der Waals surface area contributed by atoms with Crippen molar-refractivity contribution in [2.24, 2.45) is 0 Å². The number of para-hydroxylation sites is 1. The lowest BCUT2D eigenvalue weighted by atomic mass is 10.2. The Hall–Kier alpha value is -2.82. The van der Waals surface area contributed by atoms with Crippen molar-refractivity contribution in [3.8, 4) is 17.0 Å². The third kappa shape index (κ3) is 2.72. The van der Waals surface area contributed by atoms with Gasteiger partial charge in [-0.05, 0) is 18.2 Å². The predicted molar refractivity (Wildman–Crippen MR) is 82.0 cm³/mol. The van der Waals surface area contributed by atoms with Gasteiger partial charge in [0.25, 0.3) is 0 Å². The van der Waals surface area contributed by atoms with E-state index in [0.717, 1.165) is 22.6 Å². The standard InChI is InChI=1S/C16H16N4O/c1-21-15-7-3-2-5-13(15)10-20-11-14(19-16(20)17)12-6-4-8-18-9-12/h2-9,11H,10H2,1H3,(H2,17,19). The third-order valence-corrected chi connectivity index (χ3v) is 3.30. The van der Waals surface area contributed by atoms with Crippen LogP contribution in [0.2, 0.25) is 0 Å². The fourth-order valence-corrected chi connectivity index (χ4v) is 2.23. The zero-order valence-electron chi connectivity index (χ0n) is 11.7. The molecule has 0 aliphatic carbocycles. The summed E-state index contributed by atoms with van der Waals surface area (Å²) >= 11 is 0. The third-order valence-electron chi connectivity index (χ3n) is 3.30. The van der Waals surface area contributed by atoms with Crippen LogP contribution in [0, 0.1) is 0 Å². The zero-order valence-corrected chi connectivity index (χ0v) is 11.7. The molecule has 0 saturated carbocycles. The minimum atomic E-state index is 0.472. The smallest absolute Gasteiger partial charge is 0.201 e. The van der Waals surface area contributed by atoms with E-state index >= 15 is 0 Å². The van der Waals surface area contributed by atoms with E-state index in [-0.39, 0.29) is 0 Å². The number of aromatic nitrogens is 3. The molecule has 2 heterocycles. The van der Waals surface area contributed by atoms with Gasteiger partial charge in [-0.25, -0.2) is 4.98 Å². The topological polar surface area (TPSA) is 66.0 Å². The number of nitrogens with zero attached hydrogens (tertiary/aromatic N) is 3. The Kier molecular flexibility index (Phi) is 3.55.